The van der Waals surface area contributed by atoms with E-state index in [1.807, 2.05) is 0 Å². The Hall–Kier alpha value is -0.100. The highest BCUT2D eigenvalue weighted by Crippen LogP contribution is 2.37. The van der Waals surface area contributed by atoms with Crippen LogP contribution >= 0.6 is 34.2 Å². The van der Waals surface area contributed by atoms with Gasteiger partial charge in [-0.3, -0.25) is 0 Å². The smallest absolute Gasteiger partial charge is 0.227 e. The second-order valence-corrected chi connectivity index (χ2v) is 7.33. The molecule has 0 bridgehead atoms. The highest BCUT2D eigenvalue weighted by Gasteiger charge is 2.25. The van der Waals surface area contributed by atoms with E-state index in [0.717, 1.165) is 22.6 Å². The van der Waals surface area contributed by atoms with Crippen molar-refractivity contribution in [1.29, 1.82) is 0 Å². The zero-order chi connectivity index (χ0) is 13.9. The van der Waals surface area contributed by atoms with Crippen molar-refractivity contribution in [2.24, 2.45) is 0 Å². The zero-order valence-electron chi connectivity index (χ0n) is 11.7. The van der Waals surface area contributed by atoms with Crippen molar-refractivity contribution in [1.82, 2.24) is 9.97 Å². The second kappa shape index (κ2) is 6.77. The molecule has 0 amide bonds. The van der Waals surface area contributed by atoms with E-state index in [2.05, 4.69) is 32.5 Å². The number of aromatic nitrogens is 2. The van der Waals surface area contributed by atoms with E-state index in [4.69, 9.17) is 16.6 Å². The third-order valence-electron chi connectivity index (χ3n) is 4.46. The van der Waals surface area contributed by atoms with Gasteiger partial charge in [-0.25, -0.2) is 4.98 Å². The van der Waals surface area contributed by atoms with Crippen LogP contribution in [0, 0.1) is 3.57 Å². The van der Waals surface area contributed by atoms with E-state index in [1.54, 1.807) is 0 Å². The fourth-order valence-electron chi connectivity index (χ4n) is 3.31. The van der Waals surface area contributed by atoms with Crippen molar-refractivity contribution in [2.45, 2.75) is 57.3 Å². The summed E-state index contributed by atoms with van der Waals surface area (Å²) in [5.74, 6) is 1.45. The molecule has 1 saturated heterocycles. The molecule has 1 saturated carbocycles. The molecule has 1 aliphatic heterocycles. The van der Waals surface area contributed by atoms with Crippen molar-refractivity contribution in [3.63, 3.8) is 0 Å². The third kappa shape index (κ3) is 3.21. The molecule has 0 spiro atoms. The largest absolute Gasteiger partial charge is 0.341 e. The lowest BCUT2D eigenvalue weighted by Gasteiger charge is -2.22. The van der Waals surface area contributed by atoms with Crippen LogP contribution in [-0.4, -0.2) is 23.1 Å². The molecule has 1 aliphatic carbocycles. The lowest BCUT2D eigenvalue weighted by Crippen LogP contribution is -2.27. The number of halogens is 2. The van der Waals surface area contributed by atoms with E-state index < -0.39 is 0 Å². The molecule has 5 heteroatoms. The minimum atomic E-state index is 0.591. The van der Waals surface area contributed by atoms with Gasteiger partial charge in [0.15, 0.2) is 0 Å². The minimum Gasteiger partial charge on any atom is -0.341 e. The third-order valence-corrected chi connectivity index (χ3v) is 6.11. The Morgan fingerprint density at radius 3 is 2.25 bits per heavy atom. The van der Waals surface area contributed by atoms with Gasteiger partial charge in [0.25, 0.3) is 0 Å². The van der Waals surface area contributed by atoms with Gasteiger partial charge in [-0.1, -0.05) is 37.3 Å². The zero-order valence-corrected chi connectivity index (χ0v) is 14.7. The van der Waals surface area contributed by atoms with E-state index >= 15 is 0 Å². The van der Waals surface area contributed by atoms with E-state index in [1.165, 1.54) is 57.1 Å². The summed E-state index contributed by atoms with van der Waals surface area (Å²) in [5.41, 5.74) is 1.20. The number of hydrogen-bond donors (Lipinski definition) is 0. The van der Waals surface area contributed by atoms with Crippen molar-refractivity contribution >= 4 is 40.1 Å². The molecule has 0 aromatic carbocycles. The maximum absolute atomic E-state index is 6.37. The SMILES string of the molecule is Clc1nc(N2CCCCCC2)nc(C2CCCC2)c1I. The van der Waals surface area contributed by atoms with Crippen LogP contribution in [0.5, 0.6) is 0 Å². The van der Waals surface area contributed by atoms with Gasteiger partial charge in [0.05, 0.1) is 9.26 Å². The van der Waals surface area contributed by atoms with Gasteiger partial charge >= 0.3 is 0 Å². The Balaban J connectivity index is 1.90. The Bertz CT molecular complexity index is 466. The summed E-state index contributed by atoms with van der Waals surface area (Å²) in [7, 11) is 0. The molecule has 110 valence electrons. The van der Waals surface area contributed by atoms with Crippen LogP contribution in [-0.2, 0) is 0 Å². The lowest BCUT2D eigenvalue weighted by molar-refractivity contribution is 0.677. The van der Waals surface area contributed by atoms with Crippen LogP contribution in [0.3, 0.4) is 0 Å². The molecule has 0 unspecified atom stereocenters. The Morgan fingerprint density at radius 2 is 1.60 bits per heavy atom. The fraction of sp³-hybridized carbons (Fsp3) is 0.733. The topological polar surface area (TPSA) is 29.0 Å². The molecule has 20 heavy (non-hydrogen) atoms. The molecular formula is C15H21ClIN3. The minimum absolute atomic E-state index is 0.591. The Kier molecular flexibility index (Phi) is 5.02. The molecule has 0 atom stereocenters. The van der Waals surface area contributed by atoms with E-state index in [9.17, 15) is 0 Å². The number of anilines is 1. The molecule has 1 aromatic rings. The second-order valence-electron chi connectivity index (χ2n) is 5.90. The summed E-state index contributed by atoms with van der Waals surface area (Å²) in [5, 5.41) is 0.641. The molecule has 2 heterocycles. The van der Waals surface area contributed by atoms with Crippen molar-refractivity contribution in [3.05, 3.63) is 14.4 Å². The Morgan fingerprint density at radius 1 is 0.950 bits per heavy atom. The molecule has 0 radical (unpaired) electrons. The molecule has 2 fully saturated rings. The van der Waals surface area contributed by atoms with Gasteiger partial charge in [0.2, 0.25) is 5.95 Å². The van der Waals surface area contributed by atoms with E-state index in [-0.39, 0.29) is 0 Å². The predicted molar refractivity (Wildman–Crippen MR) is 91.6 cm³/mol. The summed E-state index contributed by atoms with van der Waals surface area (Å²) < 4.78 is 1.06. The molecule has 3 rings (SSSR count). The summed E-state index contributed by atoms with van der Waals surface area (Å²) in [4.78, 5) is 11.8. The van der Waals surface area contributed by atoms with Gasteiger partial charge in [-0.2, -0.15) is 4.98 Å². The van der Waals surface area contributed by atoms with Crippen LogP contribution < -0.4 is 4.90 Å². The monoisotopic (exact) mass is 405 g/mol. The van der Waals surface area contributed by atoms with Crippen LogP contribution in [0.2, 0.25) is 5.15 Å². The highest BCUT2D eigenvalue weighted by atomic mass is 127. The number of hydrogen-bond acceptors (Lipinski definition) is 3. The van der Waals surface area contributed by atoms with Crippen LogP contribution in [0.15, 0.2) is 0 Å². The van der Waals surface area contributed by atoms with Crippen LogP contribution in [0.25, 0.3) is 0 Å². The van der Waals surface area contributed by atoms with Crippen LogP contribution in [0.1, 0.15) is 63.0 Å². The van der Waals surface area contributed by atoms with Gasteiger partial charge < -0.3 is 4.90 Å². The fourth-order valence-corrected chi connectivity index (χ4v) is 4.16. The summed E-state index contributed by atoms with van der Waals surface area (Å²) in [6.07, 6.45) is 10.3. The quantitative estimate of drug-likeness (QED) is 0.524. The van der Waals surface area contributed by atoms with Gasteiger partial charge in [0, 0.05) is 19.0 Å². The Labute approximate surface area is 139 Å². The van der Waals surface area contributed by atoms with Crippen molar-refractivity contribution < 1.29 is 0 Å². The highest BCUT2D eigenvalue weighted by molar-refractivity contribution is 14.1. The van der Waals surface area contributed by atoms with Crippen LogP contribution in [0.4, 0.5) is 5.95 Å². The first kappa shape index (κ1) is 14.8. The summed E-state index contributed by atoms with van der Waals surface area (Å²) in [6, 6.07) is 0. The first-order chi connectivity index (χ1) is 9.75. The average Bonchev–Trinajstić information content (AvgIpc) is 2.84. The summed E-state index contributed by atoms with van der Waals surface area (Å²) in [6.45, 7) is 2.14. The molecule has 2 aliphatic rings. The molecule has 0 N–H and O–H groups in total. The molecular weight excluding hydrogens is 385 g/mol. The maximum Gasteiger partial charge on any atom is 0.227 e. The molecule has 3 nitrogen and oxygen atoms in total. The van der Waals surface area contributed by atoms with Crippen molar-refractivity contribution in [2.75, 3.05) is 18.0 Å². The van der Waals surface area contributed by atoms with Gasteiger partial charge in [-0.15, -0.1) is 0 Å². The van der Waals surface area contributed by atoms with E-state index in [0.29, 0.717) is 11.1 Å². The van der Waals surface area contributed by atoms with Gasteiger partial charge in [-0.05, 0) is 48.3 Å². The maximum atomic E-state index is 6.37. The first-order valence-corrected chi connectivity index (χ1v) is 9.19. The number of nitrogens with zero attached hydrogens (tertiary/aromatic N) is 3. The lowest BCUT2D eigenvalue weighted by atomic mass is 10.0. The summed E-state index contributed by atoms with van der Waals surface area (Å²) >= 11 is 8.69. The number of rotatable bonds is 2. The van der Waals surface area contributed by atoms with Gasteiger partial charge in [0.1, 0.15) is 5.15 Å². The normalized spacial score (nSPS) is 21.2. The molecule has 1 aromatic heterocycles. The standard InChI is InChI=1S/C15H21ClIN3/c16-14-12(17)13(11-7-3-4-8-11)18-15(19-14)20-9-5-1-2-6-10-20/h11H,1-10H2. The predicted octanol–water partition coefficient (Wildman–Crippen LogP) is 4.77. The average molecular weight is 406 g/mol. The first-order valence-electron chi connectivity index (χ1n) is 7.73. The van der Waals surface area contributed by atoms with Crippen molar-refractivity contribution in [3.8, 4) is 0 Å².